The number of hydrogen-bond acceptors (Lipinski definition) is 4. The molecule has 4 rings (SSSR count). The summed E-state index contributed by atoms with van der Waals surface area (Å²) in [5.74, 6) is 0.880. The van der Waals surface area contributed by atoms with Crippen LogP contribution in [0.3, 0.4) is 0 Å². The summed E-state index contributed by atoms with van der Waals surface area (Å²) < 4.78 is 8.80. The molecule has 0 aliphatic carbocycles. The highest BCUT2D eigenvalue weighted by atomic mass is 16.5. The highest BCUT2D eigenvalue weighted by molar-refractivity contribution is 5.78. The number of para-hydroxylation sites is 2. The average molecular weight is 310 g/mol. The number of imidazole rings is 1. The Morgan fingerprint density at radius 1 is 1.09 bits per heavy atom. The molecule has 0 atom stereocenters. The van der Waals surface area contributed by atoms with E-state index in [-0.39, 0.29) is 5.69 Å². The number of anilines is 1. The lowest BCUT2D eigenvalue weighted by Gasteiger charge is -2.28. The van der Waals surface area contributed by atoms with E-state index >= 15 is 0 Å². The monoisotopic (exact) mass is 310 g/mol. The molecule has 0 N–H and O–H groups in total. The van der Waals surface area contributed by atoms with Crippen LogP contribution in [-0.4, -0.2) is 40.4 Å². The van der Waals surface area contributed by atoms with Crippen molar-refractivity contribution in [1.82, 2.24) is 14.1 Å². The molecule has 3 heterocycles. The number of fused-ring (bicyclic) bond motifs is 1. The molecule has 1 fully saturated rings. The van der Waals surface area contributed by atoms with E-state index in [4.69, 9.17) is 4.74 Å². The number of pyridine rings is 1. The number of benzene rings is 1. The van der Waals surface area contributed by atoms with Crippen LogP contribution < -0.4 is 10.6 Å². The Bertz CT molecular complexity index is 906. The van der Waals surface area contributed by atoms with Gasteiger partial charge in [-0.25, -0.2) is 9.78 Å². The number of rotatable bonds is 2. The molecule has 0 spiro atoms. The lowest BCUT2D eigenvalue weighted by Crippen LogP contribution is -2.36. The molecule has 0 saturated carbocycles. The molecular weight excluding hydrogens is 292 g/mol. The van der Waals surface area contributed by atoms with Crippen LogP contribution in [0.15, 0.2) is 47.4 Å². The van der Waals surface area contributed by atoms with Crippen molar-refractivity contribution in [3.05, 3.63) is 53.1 Å². The Morgan fingerprint density at radius 2 is 1.83 bits per heavy atom. The van der Waals surface area contributed by atoms with Crippen LogP contribution in [0.4, 0.5) is 5.82 Å². The lowest BCUT2D eigenvalue weighted by molar-refractivity contribution is 0.122. The van der Waals surface area contributed by atoms with Gasteiger partial charge in [-0.3, -0.25) is 9.13 Å². The summed E-state index contributed by atoms with van der Waals surface area (Å²) >= 11 is 0. The molecule has 1 aliphatic heterocycles. The quantitative estimate of drug-likeness (QED) is 0.721. The van der Waals surface area contributed by atoms with Gasteiger partial charge >= 0.3 is 5.69 Å². The third-order valence-corrected chi connectivity index (χ3v) is 4.28. The molecule has 1 aliphatic rings. The summed E-state index contributed by atoms with van der Waals surface area (Å²) in [5, 5.41) is 0. The van der Waals surface area contributed by atoms with E-state index in [9.17, 15) is 4.79 Å². The summed E-state index contributed by atoms with van der Waals surface area (Å²) in [6, 6.07) is 11.7. The van der Waals surface area contributed by atoms with Crippen molar-refractivity contribution in [3.8, 4) is 5.69 Å². The van der Waals surface area contributed by atoms with Crippen LogP contribution in [0.25, 0.3) is 16.7 Å². The molecule has 0 bridgehead atoms. The van der Waals surface area contributed by atoms with Gasteiger partial charge in [-0.05, 0) is 18.2 Å². The van der Waals surface area contributed by atoms with Crippen LogP contribution in [0.5, 0.6) is 0 Å². The molecule has 1 saturated heterocycles. The Hall–Kier alpha value is -2.60. The Kier molecular flexibility index (Phi) is 3.38. The van der Waals surface area contributed by atoms with Gasteiger partial charge in [0.25, 0.3) is 0 Å². The molecule has 0 radical (unpaired) electrons. The van der Waals surface area contributed by atoms with Crippen LogP contribution >= 0.6 is 0 Å². The topological polar surface area (TPSA) is 52.3 Å². The second-order valence-corrected chi connectivity index (χ2v) is 5.64. The van der Waals surface area contributed by atoms with Gasteiger partial charge in [-0.15, -0.1) is 0 Å². The maximum atomic E-state index is 12.6. The van der Waals surface area contributed by atoms with E-state index in [1.807, 2.05) is 36.4 Å². The number of aromatic nitrogens is 3. The fourth-order valence-corrected chi connectivity index (χ4v) is 3.05. The SMILES string of the molecule is Cn1c(=O)n(-c2ccnc(N3CCOCC3)c2)c2ccccc21. The predicted molar refractivity (Wildman–Crippen MR) is 89.3 cm³/mol. The van der Waals surface area contributed by atoms with Gasteiger partial charge in [0.1, 0.15) is 5.82 Å². The molecule has 6 nitrogen and oxygen atoms in total. The molecule has 118 valence electrons. The van der Waals surface area contributed by atoms with Gasteiger partial charge in [0, 0.05) is 32.4 Å². The van der Waals surface area contributed by atoms with Gasteiger partial charge in [-0.2, -0.15) is 0 Å². The second-order valence-electron chi connectivity index (χ2n) is 5.64. The van der Waals surface area contributed by atoms with Crippen molar-refractivity contribution in [3.63, 3.8) is 0 Å². The van der Waals surface area contributed by atoms with Crippen molar-refractivity contribution in [1.29, 1.82) is 0 Å². The molecule has 1 aromatic carbocycles. The fraction of sp³-hybridized carbons (Fsp3) is 0.294. The van der Waals surface area contributed by atoms with E-state index in [2.05, 4.69) is 9.88 Å². The number of nitrogens with zero attached hydrogens (tertiary/aromatic N) is 4. The lowest BCUT2D eigenvalue weighted by atomic mass is 10.3. The van der Waals surface area contributed by atoms with E-state index in [1.54, 1.807) is 22.4 Å². The van der Waals surface area contributed by atoms with Crippen LogP contribution in [-0.2, 0) is 11.8 Å². The van der Waals surface area contributed by atoms with Crippen LogP contribution in [0, 0.1) is 0 Å². The highest BCUT2D eigenvalue weighted by Crippen LogP contribution is 2.20. The first-order chi connectivity index (χ1) is 11.3. The number of morpholine rings is 1. The minimum absolute atomic E-state index is 0.0506. The minimum atomic E-state index is -0.0506. The third kappa shape index (κ3) is 2.31. The standard InChI is InChI=1S/C17H18N4O2/c1-19-14-4-2-3-5-15(14)21(17(19)22)13-6-7-18-16(12-13)20-8-10-23-11-9-20/h2-7,12H,8-11H2,1H3. The first-order valence-electron chi connectivity index (χ1n) is 7.71. The first-order valence-corrected chi connectivity index (χ1v) is 7.71. The molecular formula is C17H18N4O2. The van der Waals surface area contributed by atoms with E-state index in [0.717, 1.165) is 35.6 Å². The zero-order chi connectivity index (χ0) is 15.8. The molecule has 3 aromatic rings. The van der Waals surface area contributed by atoms with Gasteiger partial charge in [0.15, 0.2) is 0 Å². The van der Waals surface area contributed by atoms with Gasteiger partial charge in [-0.1, -0.05) is 12.1 Å². The summed E-state index contributed by atoms with van der Waals surface area (Å²) in [4.78, 5) is 19.3. The van der Waals surface area contributed by atoms with E-state index in [0.29, 0.717) is 13.2 Å². The fourth-order valence-electron chi connectivity index (χ4n) is 3.05. The molecule has 0 amide bonds. The summed E-state index contributed by atoms with van der Waals surface area (Å²) in [6.07, 6.45) is 1.76. The zero-order valence-electron chi connectivity index (χ0n) is 13.0. The third-order valence-electron chi connectivity index (χ3n) is 4.28. The smallest absolute Gasteiger partial charge is 0.333 e. The molecule has 6 heteroatoms. The van der Waals surface area contributed by atoms with Gasteiger partial charge in [0.2, 0.25) is 0 Å². The first kappa shape index (κ1) is 14.0. The van der Waals surface area contributed by atoms with Crippen molar-refractivity contribution in [2.45, 2.75) is 0 Å². The number of ether oxygens (including phenoxy) is 1. The summed E-state index contributed by atoms with van der Waals surface area (Å²) in [7, 11) is 1.80. The summed E-state index contributed by atoms with van der Waals surface area (Å²) in [6.45, 7) is 3.06. The average Bonchev–Trinajstić information content (AvgIpc) is 2.87. The molecule has 23 heavy (non-hydrogen) atoms. The Morgan fingerprint density at radius 3 is 2.61 bits per heavy atom. The van der Waals surface area contributed by atoms with Crippen LogP contribution in [0.1, 0.15) is 0 Å². The second kappa shape index (κ2) is 5.55. The van der Waals surface area contributed by atoms with Crippen LogP contribution in [0.2, 0.25) is 0 Å². The van der Waals surface area contributed by atoms with Crippen molar-refractivity contribution < 1.29 is 4.74 Å². The number of aryl methyl sites for hydroxylation is 1. The molecule has 0 unspecified atom stereocenters. The van der Waals surface area contributed by atoms with E-state index < -0.39 is 0 Å². The minimum Gasteiger partial charge on any atom is -0.378 e. The highest BCUT2D eigenvalue weighted by Gasteiger charge is 2.15. The largest absolute Gasteiger partial charge is 0.378 e. The number of hydrogen-bond donors (Lipinski definition) is 0. The normalized spacial score (nSPS) is 15.3. The van der Waals surface area contributed by atoms with E-state index in [1.165, 1.54) is 0 Å². The maximum absolute atomic E-state index is 12.6. The molecule has 2 aromatic heterocycles. The zero-order valence-corrected chi connectivity index (χ0v) is 13.0. The summed E-state index contributed by atoms with van der Waals surface area (Å²) in [5.41, 5.74) is 2.61. The Balaban J connectivity index is 1.85. The van der Waals surface area contributed by atoms with Gasteiger partial charge < -0.3 is 9.64 Å². The van der Waals surface area contributed by atoms with Gasteiger partial charge in [0.05, 0.1) is 29.9 Å². The predicted octanol–water partition coefficient (Wildman–Crippen LogP) is 1.56. The van der Waals surface area contributed by atoms with Crippen molar-refractivity contribution in [2.24, 2.45) is 7.05 Å². The maximum Gasteiger partial charge on any atom is 0.333 e. The Labute approximate surface area is 133 Å². The van der Waals surface area contributed by atoms with Crippen molar-refractivity contribution >= 4 is 16.9 Å². The van der Waals surface area contributed by atoms with Crippen molar-refractivity contribution in [2.75, 3.05) is 31.2 Å².